The van der Waals surface area contributed by atoms with Gasteiger partial charge in [0.15, 0.2) is 0 Å². The lowest BCUT2D eigenvalue weighted by Gasteiger charge is -2.20. The molecule has 1 unspecified atom stereocenters. The van der Waals surface area contributed by atoms with Gasteiger partial charge in [-0.3, -0.25) is 4.98 Å². The van der Waals surface area contributed by atoms with E-state index in [2.05, 4.69) is 35.4 Å². The van der Waals surface area contributed by atoms with Crippen LogP contribution in [-0.2, 0) is 6.42 Å². The van der Waals surface area contributed by atoms with Crippen LogP contribution in [0.1, 0.15) is 30.6 Å². The van der Waals surface area contributed by atoms with Gasteiger partial charge in [-0.2, -0.15) is 0 Å². The number of para-hydroxylation sites is 1. The minimum absolute atomic E-state index is 0.206. The molecule has 1 N–H and O–H groups in total. The van der Waals surface area contributed by atoms with E-state index >= 15 is 0 Å². The molecule has 0 amide bonds. The summed E-state index contributed by atoms with van der Waals surface area (Å²) in [6, 6.07) is 14.4. The SMILES string of the molecule is CCCOc1ccccc1C(Cc1ccccn1)NC. The molecule has 0 saturated carbocycles. The minimum atomic E-state index is 0.206. The highest BCUT2D eigenvalue weighted by Crippen LogP contribution is 2.27. The maximum atomic E-state index is 5.85. The van der Waals surface area contributed by atoms with Crippen molar-refractivity contribution in [3.8, 4) is 5.75 Å². The van der Waals surface area contributed by atoms with Crippen LogP contribution in [0.15, 0.2) is 48.7 Å². The smallest absolute Gasteiger partial charge is 0.124 e. The summed E-state index contributed by atoms with van der Waals surface area (Å²) in [6.45, 7) is 2.86. The Labute approximate surface area is 121 Å². The molecule has 2 rings (SSSR count). The zero-order chi connectivity index (χ0) is 14.2. The van der Waals surface area contributed by atoms with E-state index in [0.29, 0.717) is 0 Å². The third-order valence-corrected chi connectivity index (χ3v) is 3.24. The second-order valence-electron chi connectivity index (χ2n) is 4.75. The van der Waals surface area contributed by atoms with E-state index in [0.717, 1.165) is 30.9 Å². The summed E-state index contributed by atoms with van der Waals surface area (Å²) in [6.07, 6.45) is 3.70. The number of ether oxygens (including phenoxy) is 1. The molecular formula is C17H22N2O. The van der Waals surface area contributed by atoms with Crippen LogP contribution in [0.3, 0.4) is 0 Å². The Morgan fingerprint density at radius 1 is 1.15 bits per heavy atom. The van der Waals surface area contributed by atoms with Crippen molar-refractivity contribution in [1.29, 1.82) is 0 Å². The quantitative estimate of drug-likeness (QED) is 0.837. The summed E-state index contributed by atoms with van der Waals surface area (Å²) in [5.74, 6) is 0.963. The summed E-state index contributed by atoms with van der Waals surface area (Å²) in [4.78, 5) is 4.40. The Hall–Kier alpha value is -1.87. The van der Waals surface area contributed by atoms with Crippen molar-refractivity contribution in [2.45, 2.75) is 25.8 Å². The third kappa shape index (κ3) is 3.81. The fourth-order valence-corrected chi connectivity index (χ4v) is 2.21. The van der Waals surface area contributed by atoms with Crippen LogP contribution in [-0.4, -0.2) is 18.6 Å². The first kappa shape index (κ1) is 14.5. The van der Waals surface area contributed by atoms with E-state index in [1.807, 2.05) is 37.5 Å². The number of likely N-dealkylation sites (N-methyl/N-ethyl adjacent to an activating group) is 1. The molecule has 1 atom stereocenters. The van der Waals surface area contributed by atoms with Crippen LogP contribution in [0.4, 0.5) is 0 Å². The van der Waals surface area contributed by atoms with Crippen molar-refractivity contribution >= 4 is 0 Å². The van der Waals surface area contributed by atoms with E-state index in [-0.39, 0.29) is 6.04 Å². The number of rotatable bonds is 7. The molecule has 1 aromatic carbocycles. The summed E-state index contributed by atoms with van der Waals surface area (Å²) >= 11 is 0. The molecule has 0 radical (unpaired) electrons. The van der Waals surface area contributed by atoms with Crippen LogP contribution in [0.25, 0.3) is 0 Å². The van der Waals surface area contributed by atoms with E-state index in [4.69, 9.17) is 4.74 Å². The fraction of sp³-hybridized carbons (Fsp3) is 0.353. The van der Waals surface area contributed by atoms with E-state index < -0.39 is 0 Å². The van der Waals surface area contributed by atoms with Crippen molar-refractivity contribution in [2.24, 2.45) is 0 Å². The zero-order valence-corrected chi connectivity index (χ0v) is 12.2. The van der Waals surface area contributed by atoms with Gasteiger partial charge < -0.3 is 10.1 Å². The van der Waals surface area contributed by atoms with Gasteiger partial charge in [0.1, 0.15) is 5.75 Å². The molecule has 3 heteroatoms. The highest BCUT2D eigenvalue weighted by molar-refractivity contribution is 5.36. The van der Waals surface area contributed by atoms with Crippen molar-refractivity contribution in [2.75, 3.05) is 13.7 Å². The van der Waals surface area contributed by atoms with Gasteiger partial charge in [0.2, 0.25) is 0 Å². The molecule has 0 bridgehead atoms. The van der Waals surface area contributed by atoms with Crippen molar-refractivity contribution in [3.05, 3.63) is 59.9 Å². The van der Waals surface area contributed by atoms with Crippen LogP contribution >= 0.6 is 0 Å². The zero-order valence-electron chi connectivity index (χ0n) is 12.2. The average Bonchev–Trinajstić information content (AvgIpc) is 2.52. The lowest BCUT2D eigenvalue weighted by atomic mass is 10.0. The second-order valence-corrected chi connectivity index (χ2v) is 4.75. The number of aromatic nitrogens is 1. The molecule has 1 heterocycles. The molecule has 106 valence electrons. The van der Waals surface area contributed by atoms with Crippen molar-refractivity contribution in [3.63, 3.8) is 0 Å². The van der Waals surface area contributed by atoms with Gasteiger partial charge in [0.05, 0.1) is 6.61 Å². The van der Waals surface area contributed by atoms with E-state index in [1.54, 1.807) is 0 Å². The molecule has 0 spiro atoms. The van der Waals surface area contributed by atoms with Crippen LogP contribution in [0, 0.1) is 0 Å². The Morgan fingerprint density at radius 2 is 1.95 bits per heavy atom. The molecule has 0 fully saturated rings. The number of nitrogens with one attached hydrogen (secondary N) is 1. The van der Waals surface area contributed by atoms with Gasteiger partial charge in [0.25, 0.3) is 0 Å². The van der Waals surface area contributed by atoms with Gasteiger partial charge in [-0.1, -0.05) is 31.2 Å². The van der Waals surface area contributed by atoms with Crippen LogP contribution in [0.5, 0.6) is 5.75 Å². The monoisotopic (exact) mass is 270 g/mol. The minimum Gasteiger partial charge on any atom is -0.493 e. The number of hydrogen-bond donors (Lipinski definition) is 1. The Kier molecular flexibility index (Phi) is 5.56. The van der Waals surface area contributed by atoms with Gasteiger partial charge in [-0.25, -0.2) is 0 Å². The molecular weight excluding hydrogens is 248 g/mol. The topological polar surface area (TPSA) is 34.1 Å². The summed E-state index contributed by atoms with van der Waals surface area (Å²) in [7, 11) is 1.98. The number of hydrogen-bond acceptors (Lipinski definition) is 3. The second kappa shape index (κ2) is 7.65. The van der Waals surface area contributed by atoms with Crippen LogP contribution in [0.2, 0.25) is 0 Å². The third-order valence-electron chi connectivity index (χ3n) is 3.24. The summed E-state index contributed by atoms with van der Waals surface area (Å²) in [5.41, 5.74) is 2.27. The summed E-state index contributed by atoms with van der Waals surface area (Å²) < 4.78 is 5.85. The standard InChI is InChI=1S/C17H22N2O/c1-3-12-20-17-10-5-4-9-15(17)16(18-2)13-14-8-6-7-11-19-14/h4-11,16,18H,3,12-13H2,1-2H3. The largest absolute Gasteiger partial charge is 0.493 e. The van der Waals surface area contributed by atoms with Crippen molar-refractivity contribution in [1.82, 2.24) is 10.3 Å². The first-order valence-electron chi connectivity index (χ1n) is 7.14. The van der Waals surface area contributed by atoms with Crippen molar-refractivity contribution < 1.29 is 4.74 Å². The Bertz CT molecular complexity index is 513. The molecule has 1 aromatic heterocycles. The number of pyridine rings is 1. The first-order valence-corrected chi connectivity index (χ1v) is 7.14. The lowest BCUT2D eigenvalue weighted by Crippen LogP contribution is -2.20. The maximum absolute atomic E-state index is 5.85. The fourth-order valence-electron chi connectivity index (χ4n) is 2.21. The predicted molar refractivity (Wildman–Crippen MR) is 82.0 cm³/mol. The first-order chi connectivity index (χ1) is 9.85. The van der Waals surface area contributed by atoms with Gasteiger partial charge in [-0.15, -0.1) is 0 Å². The average molecular weight is 270 g/mol. The lowest BCUT2D eigenvalue weighted by molar-refractivity contribution is 0.310. The molecule has 20 heavy (non-hydrogen) atoms. The Balaban J connectivity index is 2.18. The number of benzene rings is 1. The van der Waals surface area contributed by atoms with Gasteiger partial charge in [-0.05, 0) is 31.7 Å². The summed E-state index contributed by atoms with van der Waals surface area (Å²) in [5, 5.41) is 3.36. The highest BCUT2D eigenvalue weighted by Gasteiger charge is 2.15. The maximum Gasteiger partial charge on any atom is 0.124 e. The molecule has 2 aromatic rings. The molecule has 0 aliphatic heterocycles. The van der Waals surface area contributed by atoms with Gasteiger partial charge >= 0.3 is 0 Å². The highest BCUT2D eigenvalue weighted by atomic mass is 16.5. The molecule has 0 aliphatic rings. The molecule has 0 saturated heterocycles. The van der Waals surface area contributed by atoms with Crippen LogP contribution < -0.4 is 10.1 Å². The number of nitrogens with zero attached hydrogens (tertiary/aromatic N) is 1. The molecule has 0 aliphatic carbocycles. The normalized spacial score (nSPS) is 12.1. The van der Waals surface area contributed by atoms with E-state index in [9.17, 15) is 0 Å². The van der Waals surface area contributed by atoms with E-state index in [1.165, 1.54) is 5.56 Å². The predicted octanol–water partition coefficient (Wildman–Crippen LogP) is 3.37. The Morgan fingerprint density at radius 3 is 2.65 bits per heavy atom. The van der Waals surface area contributed by atoms with Gasteiger partial charge in [0, 0.05) is 29.9 Å². The molecule has 3 nitrogen and oxygen atoms in total.